The Morgan fingerprint density at radius 1 is 1.07 bits per heavy atom. The molecular formula is C29H35F3N4O7. The maximum atomic E-state index is 13.7. The van der Waals surface area contributed by atoms with Gasteiger partial charge in [-0.1, -0.05) is 12.1 Å². The molecule has 2 aromatic carbocycles. The topological polar surface area (TPSA) is 162 Å². The number of primary amides is 1. The van der Waals surface area contributed by atoms with Gasteiger partial charge in [0, 0.05) is 31.4 Å². The van der Waals surface area contributed by atoms with Gasteiger partial charge in [-0.05, 0) is 48.9 Å². The largest absolute Gasteiger partial charge is 0.542 e. The molecule has 2 aromatic rings. The SMILES string of the molecule is CCOC(=O)c1ccc(NC(=O)N([C@@H]2CC[N+]3(CCCC3)C2)[C@@H](Cc2ccc(O)cc2)C(N)=O)cc1.O=C([O-])C(F)(F)F. The van der Waals surface area contributed by atoms with Gasteiger partial charge in [0.25, 0.3) is 0 Å². The minimum Gasteiger partial charge on any atom is -0.542 e. The summed E-state index contributed by atoms with van der Waals surface area (Å²) in [6.07, 6.45) is -1.78. The quantitative estimate of drug-likeness (QED) is 0.306. The molecule has 2 aliphatic heterocycles. The molecule has 2 fully saturated rings. The third kappa shape index (κ3) is 9.08. The Hall–Kier alpha value is -4.33. The number of urea groups is 1. The molecule has 0 bridgehead atoms. The van der Waals surface area contributed by atoms with Crippen molar-refractivity contribution in [2.75, 3.05) is 38.1 Å². The molecule has 11 nitrogen and oxygen atoms in total. The van der Waals surface area contributed by atoms with Crippen molar-refractivity contribution < 1.29 is 51.8 Å². The fraction of sp³-hybridized carbons (Fsp3) is 0.448. The number of carboxylic acid groups (broad SMARTS) is 1. The second kappa shape index (κ2) is 14.2. The number of carbonyl (C=O) groups excluding carboxylic acids is 4. The number of aliphatic carboxylic acids is 1. The average Bonchev–Trinajstić information content (AvgIpc) is 3.59. The second-order valence-electron chi connectivity index (χ2n) is 10.6. The Labute approximate surface area is 246 Å². The number of aromatic hydroxyl groups is 1. The molecule has 2 heterocycles. The lowest BCUT2D eigenvalue weighted by atomic mass is 10.0. The van der Waals surface area contributed by atoms with E-state index in [9.17, 15) is 32.7 Å². The molecule has 234 valence electrons. The number of ether oxygens (including phenoxy) is 1. The maximum Gasteiger partial charge on any atom is 0.430 e. The summed E-state index contributed by atoms with van der Waals surface area (Å²) in [6, 6.07) is 11.7. The molecule has 0 unspecified atom stereocenters. The van der Waals surface area contributed by atoms with Crippen LogP contribution in [-0.2, 0) is 20.7 Å². The smallest absolute Gasteiger partial charge is 0.430 e. The standard InChI is InChI=1S/C27H34N4O5.C2HF3O2/c1-2-36-26(34)20-7-9-21(10-8-20)29-27(35)30(22-13-16-31(18-22)14-3-4-15-31)24(25(28)33)17-19-5-11-23(32)12-6-19;3-2(4,5)1(6)7/h5-12,22,24H,2-4,13-18H2,1H3,(H3-,28,29,32,33,34,35);(H,6,7)/t22-,24+;/m1./s1. The van der Waals surface area contributed by atoms with Gasteiger partial charge in [0.15, 0.2) is 0 Å². The molecule has 0 radical (unpaired) electrons. The van der Waals surface area contributed by atoms with Crippen LogP contribution in [0, 0.1) is 0 Å². The normalized spacial score (nSPS) is 17.8. The zero-order chi connectivity index (χ0) is 31.8. The summed E-state index contributed by atoms with van der Waals surface area (Å²) >= 11 is 0. The molecule has 2 atom stereocenters. The average molecular weight is 609 g/mol. The Morgan fingerprint density at radius 3 is 2.16 bits per heavy atom. The highest BCUT2D eigenvalue weighted by atomic mass is 19.4. The zero-order valence-electron chi connectivity index (χ0n) is 23.6. The van der Waals surface area contributed by atoms with E-state index in [1.165, 1.54) is 12.8 Å². The monoisotopic (exact) mass is 608 g/mol. The van der Waals surface area contributed by atoms with Crippen LogP contribution in [0.1, 0.15) is 42.1 Å². The third-order valence-electron chi connectivity index (χ3n) is 7.59. The molecule has 0 aliphatic carbocycles. The van der Waals surface area contributed by atoms with Gasteiger partial charge in [-0.15, -0.1) is 0 Å². The maximum absolute atomic E-state index is 13.7. The third-order valence-corrected chi connectivity index (χ3v) is 7.59. The first-order valence-electron chi connectivity index (χ1n) is 13.8. The Kier molecular flexibility index (Phi) is 11.0. The number of amides is 3. The Morgan fingerprint density at radius 2 is 1.65 bits per heavy atom. The molecule has 2 aliphatic rings. The van der Waals surface area contributed by atoms with E-state index in [0.29, 0.717) is 11.3 Å². The fourth-order valence-electron chi connectivity index (χ4n) is 5.54. The van der Waals surface area contributed by atoms with Crippen LogP contribution >= 0.6 is 0 Å². The predicted molar refractivity (Wildman–Crippen MR) is 146 cm³/mol. The van der Waals surface area contributed by atoms with E-state index in [2.05, 4.69) is 5.32 Å². The number of carboxylic acids is 1. The van der Waals surface area contributed by atoms with Crippen molar-refractivity contribution in [2.45, 2.75) is 50.9 Å². The summed E-state index contributed by atoms with van der Waals surface area (Å²) in [5.41, 5.74) is 7.58. The summed E-state index contributed by atoms with van der Waals surface area (Å²) in [6.45, 7) is 6.00. The van der Waals surface area contributed by atoms with E-state index in [-0.39, 0.29) is 24.8 Å². The highest BCUT2D eigenvalue weighted by Gasteiger charge is 2.46. The molecule has 4 N–H and O–H groups in total. The highest BCUT2D eigenvalue weighted by molar-refractivity contribution is 5.95. The van der Waals surface area contributed by atoms with Gasteiger partial charge in [0.2, 0.25) is 5.91 Å². The van der Waals surface area contributed by atoms with Crippen molar-refractivity contribution in [1.82, 2.24) is 4.90 Å². The molecule has 0 saturated carbocycles. The van der Waals surface area contributed by atoms with Gasteiger partial charge in [0.1, 0.15) is 17.8 Å². The number of nitrogens with two attached hydrogens (primary N) is 1. The van der Waals surface area contributed by atoms with Crippen LogP contribution in [0.5, 0.6) is 5.75 Å². The molecule has 4 rings (SSSR count). The number of anilines is 1. The molecule has 43 heavy (non-hydrogen) atoms. The van der Waals surface area contributed by atoms with Crippen molar-refractivity contribution in [2.24, 2.45) is 5.73 Å². The summed E-state index contributed by atoms with van der Waals surface area (Å²) in [5, 5.41) is 21.3. The van der Waals surface area contributed by atoms with E-state index < -0.39 is 36.1 Å². The number of hydrogen-bond donors (Lipinski definition) is 3. The number of hydrogen-bond acceptors (Lipinski definition) is 7. The van der Waals surface area contributed by atoms with Crippen molar-refractivity contribution in [3.05, 3.63) is 59.7 Å². The number of benzene rings is 2. The number of nitrogens with zero attached hydrogens (tertiary/aromatic N) is 2. The number of phenolic OH excluding ortho intramolecular Hbond substituents is 1. The summed E-state index contributed by atoms with van der Waals surface area (Å²) in [5.74, 6) is -3.87. The van der Waals surface area contributed by atoms with E-state index in [1.54, 1.807) is 60.4 Å². The van der Waals surface area contributed by atoms with Gasteiger partial charge >= 0.3 is 18.2 Å². The lowest BCUT2D eigenvalue weighted by molar-refractivity contribution is -0.905. The first-order chi connectivity index (χ1) is 20.2. The van der Waals surface area contributed by atoms with Crippen LogP contribution < -0.4 is 16.2 Å². The van der Waals surface area contributed by atoms with E-state index in [4.69, 9.17) is 20.4 Å². The number of nitrogens with one attached hydrogen (secondary N) is 1. The van der Waals surface area contributed by atoms with Crippen LogP contribution in [0.25, 0.3) is 0 Å². The molecule has 2 saturated heterocycles. The van der Waals surface area contributed by atoms with Gasteiger partial charge in [-0.3, -0.25) is 4.79 Å². The number of phenols is 1. The number of halogens is 3. The molecular weight excluding hydrogens is 573 g/mol. The first kappa shape index (κ1) is 33.2. The minimum atomic E-state index is -5.19. The Balaban J connectivity index is 0.000000646. The van der Waals surface area contributed by atoms with Crippen molar-refractivity contribution in [1.29, 1.82) is 0 Å². The van der Waals surface area contributed by atoms with Crippen LogP contribution in [0.4, 0.5) is 23.7 Å². The Bertz CT molecular complexity index is 1280. The van der Waals surface area contributed by atoms with Gasteiger partial charge in [-0.25, -0.2) is 9.59 Å². The first-order valence-corrected chi connectivity index (χ1v) is 13.8. The number of alkyl halides is 3. The summed E-state index contributed by atoms with van der Waals surface area (Å²) in [4.78, 5) is 48.8. The molecule has 1 spiro atoms. The lowest BCUT2D eigenvalue weighted by Gasteiger charge is -2.36. The molecule has 3 amide bonds. The van der Waals surface area contributed by atoms with Crippen LogP contribution in [0.2, 0.25) is 0 Å². The minimum absolute atomic E-state index is 0.128. The summed E-state index contributed by atoms with van der Waals surface area (Å²) < 4.78 is 37.5. The van der Waals surface area contributed by atoms with E-state index in [0.717, 1.165) is 42.6 Å². The van der Waals surface area contributed by atoms with Gasteiger partial charge < -0.3 is 40.2 Å². The van der Waals surface area contributed by atoms with E-state index >= 15 is 0 Å². The summed E-state index contributed by atoms with van der Waals surface area (Å²) in [7, 11) is 0. The van der Waals surface area contributed by atoms with E-state index in [1.807, 2.05) is 0 Å². The predicted octanol–water partition coefficient (Wildman–Crippen LogP) is 2.18. The van der Waals surface area contributed by atoms with Crippen LogP contribution in [-0.4, -0.2) is 89.4 Å². The molecule has 14 heteroatoms. The number of quaternary nitrogens is 1. The number of rotatable bonds is 8. The van der Waals surface area contributed by atoms with Gasteiger partial charge in [-0.2, -0.15) is 13.2 Å². The van der Waals surface area contributed by atoms with Crippen LogP contribution in [0.3, 0.4) is 0 Å². The van der Waals surface area contributed by atoms with Crippen LogP contribution in [0.15, 0.2) is 48.5 Å². The highest BCUT2D eigenvalue weighted by Crippen LogP contribution is 2.31. The fourth-order valence-corrected chi connectivity index (χ4v) is 5.54. The van der Waals surface area contributed by atoms with Crippen molar-refractivity contribution in [3.63, 3.8) is 0 Å². The van der Waals surface area contributed by atoms with Crippen molar-refractivity contribution in [3.8, 4) is 5.75 Å². The number of esters is 1. The zero-order valence-corrected chi connectivity index (χ0v) is 23.6. The van der Waals surface area contributed by atoms with Crippen molar-refractivity contribution >= 4 is 29.6 Å². The molecule has 0 aromatic heterocycles. The second-order valence-corrected chi connectivity index (χ2v) is 10.6. The number of carbonyl (C=O) groups is 4. The lowest BCUT2D eigenvalue weighted by Crippen LogP contribution is -2.57. The van der Waals surface area contributed by atoms with Gasteiger partial charge in [0.05, 0.1) is 44.4 Å².